The Hall–Kier alpha value is -2.97. The van der Waals surface area contributed by atoms with Gasteiger partial charge in [-0.25, -0.2) is 0 Å². The fourth-order valence-electron chi connectivity index (χ4n) is 2.92. The lowest BCUT2D eigenvalue weighted by Crippen LogP contribution is -2.27. The number of thiocarbonyl (C=S) groups is 1. The van der Waals surface area contributed by atoms with Crippen molar-refractivity contribution in [3.63, 3.8) is 0 Å². The molecule has 0 bridgehead atoms. The number of methoxy groups -OCH3 is 2. The summed E-state index contributed by atoms with van der Waals surface area (Å²) in [5, 5.41) is 0. The zero-order chi connectivity index (χ0) is 19.7. The molecule has 0 aliphatic carbocycles. The number of anilines is 1. The van der Waals surface area contributed by atoms with Gasteiger partial charge in [-0.05, 0) is 24.3 Å². The highest BCUT2D eigenvalue weighted by atomic mass is 32.2. The van der Waals surface area contributed by atoms with Crippen LogP contribution in [0.25, 0.3) is 17.1 Å². The molecule has 140 valence electrons. The number of nitrogens with zero attached hydrogens (tertiary/aromatic N) is 3. The quantitative estimate of drug-likeness (QED) is 0.476. The molecule has 1 fully saturated rings. The van der Waals surface area contributed by atoms with E-state index in [1.54, 1.807) is 50.9 Å². The number of rotatable bonds is 4. The standard InChI is InChI=1S/C20H15N3O3S2/c1-25-13-6-7-15(16(11-13)26-2)23-19(24)17(28-20(23)27)10-12-4-3-5-14-18(12)22-9-8-21-14/h3-11H,1-2H3/b17-10-. The van der Waals surface area contributed by atoms with Crippen molar-refractivity contribution in [3.05, 3.63) is 59.3 Å². The number of carbonyl (C=O) groups is 1. The molecule has 1 saturated heterocycles. The molecule has 6 nitrogen and oxygen atoms in total. The minimum atomic E-state index is -0.209. The van der Waals surface area contributed by atoms with E-state index in [0.717, 1.165) is 16.6 Å². The van der Waals surface area contributed by atoms with Gasteiger partial charge in [0.05, 0.1) is 35.8 Å². The molecule has 4 rings (SSSR count). The van der Waals surface area contributed by atoms with Crippen LogP contribution in [0, 0.1) is 0 Å². The van der Waals surface area contributed by atoms with Gasteiger partial charge < -0.3 is 9.47 Å². The van der Waals surface area contributed by atoms with E-state index in [1.807, 2.05) is 18.2 Å². The number of para-hydroxylation sites is 1. The molecule has 28 heavy (non-hydrogen) atoms. The second-order valence-electron chi connectivity index (χ2n) is 5.83. The Morgan fingerprint density at radius 1 is 1.11 bits per heavy atom. The van der Waals surface area contributed by atoms with E-state index in [4.69, 9.17) is 21.7 Å². The molecule has 0 radical (unpaired) electrons. The molecule has 3 aromatic rings. The van der Waals surface area contributed by atoms with Crippen LogP contribution in [0.5, 0.6) is 11.5 Å². The van der Waals surface area contributed by atoms with Crippen LogP contribution >= 0.6 is 24.0 Å². The van der Waals surface area contributed by atoms with E-state index >= 15 is 0 Å². The maximum absolute atomic E-state index is 13.1. The summed E-state index contributed by atoms with van der Waals surface area (Å²) in [7, 11) is 3.12. The molecule has 0 N–H and O–H groups in total. The molecule has 0 atom stereocenters. The number of fused-ring (bicyclic) bond motifs is 1. The average molecular weight is 409 g/mol. The fraction of sp³-hybridized carbons (Fsp3) is 0.100. The zero-order valence-electron chi connectivity index (χ0n) is 15.1. The van der Waals surface area contributed by atoms with E-state index in [-0.39, 0.29) is 5.91 Å². The summed E-state index contributed by atoms with van der Waals surface area (Å²) in [6.07, 6.45) is 5.07. The van der Waals surface area contributed by atoms with Crippen molar-refractivity contribution in [2.45, 2.75) is 0 Å². The number of carbonyl (C=O) groups excluding carboxylic acids is 1. The molecule has 1 aliphatic heterocycles. The highest BCUT2D eigenvalue weighted by molar-refractivity contribution is 8.27. The van der Waals surface area contributed by atoms with Gasteiger partial charge >= 0.3 is 0 Å². The zero-order valence-corrected chi connectivity index (χ0v) is 16.7. The Balaban J connectivity index is 1.74. The summed E-state index contributed by atoms with van der Waals surface area (Å²) in [5.41, 5.74) is 2.89. The molecule has 2 heterocycles. The summed E-state index contributed by atoms with van der Waals surface area (Å²) in [4.78, 5) is 23.8. The van der Waals surface area contributed by atoms with Gasteiger partial charge in [-0.15, -0.1) is 0 Å². The lowest BCUT2D eigenvalue weighted by atomic mass is 10.1. The molecular formula is C20H15N3O3S2. The van der Waals surface area contributed by atoms with E-state index in [1.165, 1.54) is 16.7 Å². The summed E-state index contributed by atoms with van der Waals surface area (Å²) < 4.78 is 11.1. The van der Waals surface area contributed by atoms with Crippen LogP contribution in [-0.4, -0.2) is 34.4 Å². The van der Waals surface area contributed by atoms with Crippen LogP contribution in [0.4, 0.5) is 5.69 Å². The molecule has 0 unspecified atom stereocenters. The van der Waals surface area contributed by atoms with Crippen LogP contribution in [-0.2, 0) is 4.79 Å². The number of amides is 1. The Bertz CT molecular complexity index is 1130. The third-order valence-corrected chi connectivity index (χ3v) is 5.54. The molecule has 1 aromatic heterocycles. The van der Waals surface area contributed by atoms with Crippen molar-refractivity contribution >= 4 is 57.0 Å². The third-order valence-electron chi connectivity index (χ3n) is 4.24. The fourth-order valence-corrected chi connectivity index (χ4v) is 4.19. The van der Waals surface area contributed by atoms with E-state index < -0.39 is 0 Å². The second-order valence-corrected chi connectivity index (χ2v) is 7.50. The third kappa shape index (κ3) is 3.21. The monoisotopic (exact) mass is 409 g/mol. The number of thioether (sulfide) groups is 1. The van der Waals surface area contributed by atoms with E-state index in [2.05, 4.69) is 9.97 Å². The molecule has 1 amide bonds. The van der Waals surface area contributed by atoms with Gasteiger partial charge in [0, 0.05) is 24.0 Å². The van der Waals surface area contributed by atoms with Crippen LogP contribution in [0.3, 0.4) is 0 Å². The summed E-state index contributed by atoms with van der Waals surface area (Å²) in [6, 6.07) is 10.9. The number of hydrogen-bond acceptors (Lipinski definition) is 7. The number of aromatic nitrogens is 2. The van der Waals surface area contributed by atoms with Gasteiger partial charge in [0.15, 0.2) is 4.32 Å². The smallest absolute Gasteiger partial charge is 0.270 e. The SMILES string of the molecule is COc1ccc(N2C(=O)/C(=C/c3cccc4nccnc34)SC2=S)c(OC)c1. The number of benzene rings is 2. The van der Waals surface area contributed by atoms with Crippen LogP contribution in [0.2, 0.25) is 0 Å². The van der Waals surface area contributed by atoms with Crippen molar-refractivity contribution in [2.24, 2.45) is 0 Å². The second kappa shape index (κ2) is 7.57. The van der Waals surface area contributed by atoms with Gasteiger partial charge in [-0.3, -0.25) is 19.7 Å². The first-order chi connectivity index (χ1) is 13.6. The van der Waals surface area contributed by atoms with Gasteiger partial charge in [0.25, 0.3) is 5.91 Å². The predicted octanol–water partition coefficient (Wildman–Crippen LogP) is 4.05. The summed E-state index contributed by atoms with van der Waals surface area (Å²) >= 11 is 6.71. The van der Waals surface area contributed by atoms with Crippen molar-refractivity contribution in [2.75, 3.05) is 19.1 Å². The van der Waals surface area contributed by atoms with Gasteiger partial charge in [-0.1, -0.05) is 36.1 Å². The average Bonchev–Trinajstić information content (AvgIpc) is 3.00. The van der Waals surface area contributed by atoms with Gasteiger partial charge in [0.1, 0.15) is 11.5 Å². The van der Waals surface area contributed by atoms with Crippen LogP contribution in [0.15, 0.2) is 53.7 Å². The van der Waals surface area contributed by atoms with Gasteiger partial charge in [0.2, 0.25) is 0 Å². The van der Waals surface area contributed by atoms with Crippen molar-refractivity contribution in [1.82, 2.24) is 9.97 Å². The largest absolute Gasteiger partial charge is 0.497 e. The lowest BCUT2D eigenvalue weighted by molar-refractivity contribution is -0.113. The Labute approximate surface area is 171 Å². The molecule has 0 saturated carbocycles. The molecule has 0 spiro atoms. The Morgan fingerprint density at radius 3 is 2.71 bits per heavy atom. The summed E-state index contributed by atoms with van der Waals surface area (Å²) in [5.74, 6) is 0.934. The molecule has 1 aliphatic rings. The maximum Gasteiger partial charge on any atom is 0.270 e. The molecular weight excluding hydrogens is 394 g/mol. The normalized spacial score (nSPS) is 15.5. The van der Waals surface area contributed by atoms with Crippen molar-refractivity contribution in [1.29, 1.82) is 0 Å². The topological polar surface area (TPSA) is 64.5 Å². The maximum atomic E-state index is 13.1. The van der Waals surface area contributed by atoms with Crippen molar-refractivity contribution < 1.29 is 14.3 Å². The minimum Gasteiger partial charge on any atom is -0.497 e. The molecule has 2 aromatic carbocycles. The van der Waals surface area contributed by atoms with Crippen LogP contribution < -0.4 is 14.4 Å². The van der Waals surface area contributed by atoms with E-state index in [9.17, 15) is 4.79 Å². The van der Waals surface area contributed by atoms with Crippen LogP contribution in [0.1, 0.15) is 5.56 Å². The van der Waals surface area contributed by atoms with E-state index in [0.29, 0.717) is 26.4 Å². The Kier molecular flexibility index (Phi) is 4.97. The minimum absolute atomic E-state index is 0.209. The van der Waals surface area contributed by atoms with Gasteiger partial charge in [-0.2, -0.15) is 0 Å². The number of hydrogen-bond donors (Lipinski definition) is 0. The number of ether oxygens (including phenoxy) is 2. The highest BCUT2D eigenvalue weighted by Crippen LogP contribution is 2.41. The highest BCUT2D eigenvalue weighted by Gasteiger charge is 2.35. The molecule has 8 heteroatoms. The first-order valence-corrected chi connectivity index (χ1v) is 9.54. The van der Waals surface area contributed by atoms with Crippen molar-refractivity contribution in [3.8, 4) is 11.5 Å². The summed E-state index contributed by atoms with van der Waals surface area (Å²) in [6.45, 7) is 0. The lowest BCUT2D eigenvalue weighted by Gasteiger charge is -2.18. The first-order valence-electron chi connectivity index (χ1n) is 8.32. The Morgan fingerprint density at radius 2 is 1.93 bits per heavy atom. The predicted molar refractivity (Wildman–Crippen MR) is 115 cm³/mol. The first kappa shape index (κ1) is 18.4.